The van der Waals surface area contributed by atoms with Crippen LogP contribution in [0.1, 0.15) is 22.3 Å². The van der Waals surface area contributed by atoms with E-state index >= 15 is 0 Å². The topological polar surface area (TPSA) is 81.8 Å². The van der Waals surface area contributed by atoms with Crippen LogP contribution in [0.2, 0.25) is 0 Å². The molecule has 0 unspecified atom stereocenters. The summed E-state index contributed by atoms with van der Waals surface area (Å²) in [6, 6.07) is 19.4. The first-order valence-electron chi connectivity index (χ1n) is 9.15. The molecule has 5 heteroatoms. The van der Waals surface area contributed by atoms with E-state index in [-0.39, 0.29) is 6.42 Å². The van der Waals surface area contributed by atoms with Crippen LogP contribution in [0.25, 0.3) is 11.1 Å². The second-order valence-electron chi connectivity index (χ2n) is 6.75. The number of benzene rings is 3. The molecule has 0 fully saturated rings. The summed E-state index contributed by atoms with van der Waals surface area (Å²) in [5.41, 5.74) is 11.8. The van der Waals surface area contributed by atoms with Gasteiger partial charge in [-0.2, -0.15) is 0 Å². The van der Waals surface area contributed by atoms with Gasteiger partial charge in [-0.25, -0.2) is 0 Å². The number of hydrogen-bond acceptors (Lipinski definition) is 4. The molecule has 3 N–H and O–H groups in total. The lowest BCUT2D eigenvalue weighted by atomic mass is 9.93. The molecule has 5 nitrogen and oxygen atoms in total. The minimum Gasteiger partial charge on any atom is -0.489 e. The van der Waals surface area contributed by atoms with Crippen molar-refractivity contribution >= 4 is 5.97 Å². The predicted molar refractivity (Wildman–Crippen MR) is 106 cm³/mol. The summed E-state index contributed by atoms with van der Waals surface area (Å²) in [7, 11) is 0. The zero-order valence-electron chi connectivity index (χ0n) is 15.4. The van der Waals surface area contributed by atoms with Crippen molar-refractivity contribution in [3.05, 3.63) is 82.9 Å². The van der Waals surface area contributed by atoms with Gasteiger partial charge in [-0.3, -0.25) is 4.79 Å². The maximum absolute atomic E-state index is 11.0. The molecule has 0 amide bonds. The summed E-state index contributed by atoms with van der Waals surface area (Å²) in [5.74, 6) is 0.566. The van der Waals surface area contributed by atoms with Crippen molar-refractivity contribution in [2.45, 2.75) is 26.2 Å². The first-order chi connectivity index (χ1) is 13.7. The van der Waals surface area contributed by atoms with Crippen LogP contribution < -0.4 is 15.2 Å². The van der Waals surface area contributed by atoms with Crippen LogP contribution in [0.3, 0.4) is 0 Å². The highest BCUT2D eigenvalue weighted by atomic mass is 16.5. The van der Waals surface area contributed by atoms with E-state index < -0.39 is 5.97 Å². The number of aliphatic carboxylic acids is 1. The lowest BCUT2D eigenvalue weighted by Gasteiger charge is -2.23. The summed E-state index contributed by atoms with van der Waals surface area (Å²) < 4.78 is 11.9. The molecule has 0 saturated carbocycles. The number of ether oxygens (including phenoxy) is 2. The molecule has 1 heterocycles. The molecule has 0 aromatic heterocycles. The molecule has 3 aromatic carbocycles. The molecule has 0 atom stereocenters. The molecule has 0 radical (unpaired) electrons. The average molecular weight is 375 g/mol. The Bertz CT molecular complexity index is 1030. The minimum atomic E-state index is -0.878. The fourth-order valence-corrected chi connectivity index (χ4v) is 3.48. The van der Waals surface area contributed by atoms with Gasteiger partial charge in [0.1, 0.15) is 24.7 Å². The summed E-state index contributed by atoms with van der Waals surface area (Å²) >= 11 is 0. The van der Waals surface area contributed by atoms with E-state index in [1.54, 1.807) is 12.1 Å². The molecule has 3 aromatic rings. The predicted octanol–water partition coefficient (Wildman–Crippen LogP) is 3.91. The number of para-hydroxylation sites is 2. The first-order valence-corrected chi connectivity index (χ1v) is 9.15. The maximum Gasteiger partial charge on any atom is 0.307 e. The molecule has 28 heavy (non-hydrogen) atoms. The van der Waals surface area contributed by atoms with Crippen LogP contribution >= 0.6 is 0 Å². The van der Waals surface area contributed by atoms with Crippen LogP contribution in [0.5, 0.6) is 11.5 Å². The summed E-state index contributed by atoms with van der Waals surface area (Å²) in [6.07, 6.45) is -0.0626. The van der Waals surface area contributed by atoms with Gasteiger partial charge in [0.05, 0.1) is 6.42 Å². The van der Waals surface area contributed by atoms with Crippen molar-refractivity contribution < 1.29 is 19.4 Å². The van der Waals surface area contributed by atoms with Gasteiger partial charge in [-0.15, -0.1) is 0 Å². The number of carbonyl (C=O) groups is 1. The fourth-order valence-electron chi connectivity index (χ4n) is 3.48. The fraction of sp³-hybridized carbons (Fsp3) is 0.174. The van der Waals surface area contributed by atoms with Gasteiger partial charge >= 0.3 is 5.97 Å². The second-order valence-corrected chi connectivity index (χ2v) is 6.75. The van der Waals surface area contributed by atoms with Crippen LogP contribution in [-0.2, 0) is 31.0 Å². The first kappa shape index (κ1) is 18.1. The third-order valence-corrected chi connectivity index (χ3v) is 4.86. The van der Waals surface area contributed by atoms with Crippen molar-refractivity contribution in [2.24, 2.45) is 5.73 Å². The molecular weight excluding hydrogens is 354 g/mol. The molecule has 0 aliphatic carbocycles. The van der Waals surface area contributed by atoms with E-state index in [0.29, 0.717) is 31.1 Å². The lowest BCUT2D eigenvalue weighted by Crippen LogP contribution is -2.10. The van der Waals surface area contributed by atoms with E-state index in [1.807, 2.05) is 36.4 Å². The Hall–Kier alpha value is -3.31. The molecule has 142 valence electrons. The Morgan fingerprint density at radius 1 is 1.04 bits per heavy atom. The summed E-state index contributed by atoms with van der Waals surface area (Å²) in [6.45, 7) is 1.31. The number of nitrogens with two attached hydrogens (primary N) is 1. The quantitative estimate of drug-likeness (QED) is 0.683. The Labute approximate surface area is 163 Å². The molecule has 0 bridgehead atoms. The highest BCUT2D eigenvalue weighted by molar-refractivity contribution is 5.77. The number of hydrogen-bond donors (Lipinski definition) is 2. The number of carboxylic acid groups (broad SMARTS) is 1. The molecule has 1 aliphatic heterocycles. The molecule has 4 rings (SSSR count). The van der Waals surface area contributed by atoms with Gasteiger partial charge in [0.25, 0.3) is 0 Å². The van der Waals surface area contributed by atoms with Gasteiger partial charge in [-0.1, -0.05) is 48.5 Å². The zero-order chi connectivity index (χ0) is 19.5. The molecule has 0 spiro atoms. The van der Waals surface area contributed by atoms with E-state index in [0.717, 1.165) is 33.6 Å². The highest BCUT2D eigenvalue weighted by Crippen LogP contribution is 2.40. The van der Waals surface area contributed by atoms with Crippen molar-refractivity contribution in [1.82, 2.24) is 0 Å². The van der Waals surface area contributed by atoms with Gasteiger partial charge in [-0.05, 0) is 28.8 Å². The normalized spacial score (nSPS) is 11.9. The van der Waals surface area contributed by atoms with Gasteiger partial charge in [0.15, 0.2) is 0 Å². The summed E-state index contributed by atoms with van der Waals surface area (Å²) in [4.78, 5) is 11.0. The Morgan fingerprint density at radius 2 is 1.86 bits per heavy atom. The zero-order valence-corrected chi connectivity index (χ0v) is 15.4. The van der Waals surface area contributed by atoms with Gasteiger partial charge < -0.3 is 20.3 Å². The van der Waals surface area contributed by atoms with Crippen molar-refractivity contribution in [1.29, 1.82) is 0 Å². The minimum absolute atomic E-state index is 0.0626. The van der Waals surface area contributed by atoms with Crippen molar-refractivity contribution in [3.8, 4) is 22.6 Å². The van der Waals surface area contributed by atoms with Gasteiger partial charge in [0.2, 0.25) is 0 Å². The summed E-state index contributed by atoms with van der Waals surface area (Å²) in [5, 5.41) is 9.07. The monoisotopic (exact) mass is 375 g/mol. The molecule has 0 saturated heterocycles. The smallest absolute Gasteiger partial charge is 0.307 e. The second kappa shape index (κ2) is 7.74. The van der Waals surface area contributed by atoms with E-state index in [1.165, 1.54) is 0 Å². The van der Waals surface area contributed by atoms with Crippen molar-refractivity contribution in [3.63, 3.8) is 0 Å². The van der Waals surface area contributed by atoms with Crippen molar-refractivity contribution in [2.75, 3.05) is 0 Å². The van der Waals surface area contributed by atoms with Crippen LogP contribution in [0.4, 0.5) is 0 Å². The number of fused-ring (bicyclic) bond motifs is 3. The van der Waals surface area contributed by atoms with E-state index in [2.05, 4.69) is 12.1 Å². The largest absolute Gasteiger partial charge is 0.489 e. The Morgan fingerprint density at radius 3 is 2.68 bits per heavy atom. The number of rotatable bonds is 6. The lowest BCUT2D eigenvalue weighted by molar-refractivity contribution is -0.136. The van der Waals surface area contributed by atoms with Crippen LogP contribution in [-0.4, -0.2) is 11.1 Å². The highest BCUT2D eigenvalue weighted by Gasteiger charge is 2.20. The molecular formula is C23H21NO4. The SMILES string of the molecule is NCc1cccc2c1OCc1ccc(COc3ccccc3CC(=O)O)cc1-2. The van der Waals surface area contributed by atoms with Gasteiger partial charge in [0, 0.05) is 23.2 Å². The van der Waals surface area contributed by atoms with Crippen LogP contribution in [0.15, 0.2) is 60.7 Å². The van der Waals surface area contributed by atoms with E-state index in [4.69, 9.17) is 20.3 Å². The standard InChI is InChI=1S/C23H21NO4/c24-12-17-5-3-6-19-20-10-15(8-9-18(20)14-28-23(17)19)13-27-21-7-2-1-4-16(21)11-22(25)26/h1-10H,11-14,24H2,(H,25,26). The Kier molecular flexibility index (Phi) is 5.00. The Balaban J connectivity index is 1.60. The third-order valence-electron chi connectivity index (χ3n) is 4.86. The average Bonchev–Trinajstić information content (AvgIpc) is 2.72. The van der Waals surface area contributed by atoms with E-state index in [9.17, 15) is 4.79 Å². The molecule has 1 aliphatic rings. The third kappa shape index (κ3) is 3.57. The number of carboxylic acids is 1. The van der Waals surface area contributed by atoms with Crippen LogP contribution in [0, 0.1) is 0 Å². The maximum atomic E-state index is 11.0.